The molecule has 5 rings (SSSR count). The molecule has 0 bridgehead atoms. The van der Waals surface area contributed by atoms with Crippen LogP contribution in [-0.2, 0) is 9.53 Å². The number of amides is 1. The zero-order valence-corrected chi connectivity index (χ0v) is 21.6. The number of fused-ring (bicyclic) bond motifs is 1. The summed E-state index contributed by atoms with van der Waals surface area (Å²) in [7, 11) is 1.78. The largest absolute Gasteiger partial charge is 0.381 e. The Morgan fingerprint density at radius 1 is 1.11 bits per heavy atom. The lowest BCUT2D eigenvalue weighted by Crippen LogP contribution is -2.47. The number of piperazine rings is 1. The molecule has 2 heterocycles. The zero-order chi connectivity index (χ0) is 24.2. The van der Waals surface area contributed by atoms with Gasteiger partial charge in [0.2, 0.25) is 5.91 Å². The van der Waals surface area contributed by atoms with Gasteiger partial charge in [0, 0.05) is 56.8 Å². The molecule has 0 spiro atoms. The maximum absolute atomic E-state index is 12.5. The molecule has 7 nitrogen and oxygen atoms in total. The number of ether oxygens (including phenoxy) is 1. The molecule has 1 amide bonds. The lowest BCUT2D eigenvalue weighted by atomic mass is 9.84. The van der Waals surface area contributed by atoms with Gasteiger partial charge in [0.1, 0.15) is 0 Å². The van der Waals surface area contributed by atoms with Crippen molar-refractivity contribution in [1.29, 1.82) is 0 Å². The molecule has 2 atom stereocenters. The van der Waals surface area contributed by atoms with E-state index in [2.05, 4.69) is 20.3 Å². The Kier molecular flexibility index (Phi) is 8.15. The van der Waals surface area contributed by atoms with Crippen molar-refractivity contribution in [2.24, 2.45) is 11.8 Å². The SMILES string of the molecule is CO[C@H]1CC[C@H](CC(=O)N[C@H]2CC[C@H](CCN3CCN(c4noc5cc(Cl)ccc45)CC3)CC2)C1. The van der Waals surface area contributed by atoms with E-state index in [-0.39, 0.29) is 5.91 Å². The minimum absolute atomic E-state index is 0.246. The van der Waals surface area contributed by atoms with Gasteiger partial charge in [-0.25, -0.2) is 0 Å². The van der Waals surface area contributed by atoms with Crippen molar-refractivity contribution in [3.8, 4) is 0 Å². The van der Waals surface area contributed by atoms with Crippen LogP contribution in [0.15, 0.2) is 22.7 Å². The molecule has 2 saturated carbocycles. The number of nitrogens with zero attached hydrogens (tertiary/aromatic N) is 3. The van der Waals surface area contributed by atoms with Gasteiger partial charge in [-0.15, -0.1) is 0 Å². The number of carbonyl (C=O) groups excluding carboxylic acids is 1. The molecule has 1 aromatic heterocycles. The van der Waals surface area contributed by atoms with Crippen molar-refractivity contribution < 1.29 is 14.1 Å². The summed E-state index contributed by atoms with van der Waals surface area (Å²) < 4.78 is 10.9. The average molecular weight is 503 g/mol. The monoisotopic (exact) mass is 502 g/mol. The summed E-state index contributed by atoms with van der Waals surface area (Å²) in [5, 5.41) is 9.34. The molecule has 8 heteroatoms. The van der Waals surface area contributed by atoms with E-state index < -0.39 is 0 Å². The van der Waals surface area contributed by atoms with E-state index in [1.54, 1.807) is 7.11 Å². The normalized spacial score (nSPS) is 28.0. The summed E-state index contributed by atoms with van der Waals surface area (Å²) in [6.07, 6.45) is 10.2. The van der Waals surface area contributed by atoms with Crippen molar-refractivity contribution in [3.05, 3.63) is 23.2 Å². The molecular weight excluding hydrogens is 464 g/mol. The topological polar surface area (TPSA) is 70.8 Å². The van der Waals surface area contributed by atoms with E-state index in [1.165, 1.54) is 19.3 Å². The first-order valence-corrected chi connectivity index (χ1v) is 13.8. The molecule has 1 aromatic carbocycles. The van der Waals surface area contributed by atoms with Crippen LogP contribution in [0, 0.1) is 11.8 Å². The standard InChI is InChI=1S/C27H39ClN4O3/c1-34-23-8-4-20(16-23)17-26(33)29-22-6-2-19(3-7-22)10-11-31-12-14-32(15-13-31)27-24-9-5-21(28)18-25(24)35-30-27/h5,9,18-20,22-23H,2-4,6-8,10-17H2,1H3,(H,29,33)/t19-,20-,22-,23-/m0/s1. The zero-order valence-electron chi connectivity index (χ0n) is 20.9. The fraction of sp³-hybridized carbons (Fsp3) is 0.704. The second kappa shape index (κ2) is 11.5. The summed E-state index contributed by atoms with van der Waals surface area (Å²) in [6, 6.07) is 6.10. The number of benzene rings is 1. The smallest absolute Gasteiger partial charge is 0.220 e. The van der Waals surface area contributed by atoms with Gasteiger partial charge in [0.25, 0.3) is 0 Å². The van der Waals surface area contributed by atoms with Gasteiger partial charge >= 0.3 is 0 Å². The molecule has 2 aliphatic carbocycles. The number of hydrogen-bond donors (Lipinski definition) is 1. The highest BCUT2D eigenvalue weighted by Crippen LogP contribution is 2.32. The van der Waals surface area contributed by atoms with Crippen LogP contribution in [0.1, 0.15) is 57.8 Å². The first-order chi connectivity index (χ1) is 17.1. The van der Waals surface area contributed by atoms with Crippen LogP contribution in [0.25, 0.3) is 11.0 Å². The third-order valence-corrected chi connectivity index (χ3v) is 8.69. The number of rotatable bonds is 8. The van der Waals surface area contributed by atoms with E-state index >= 15 is 0 Å². The quantitative estimate of drug-likeness (QED) is 0.555. The Morgan fingerprint density at radius 2 is 1.89 bits per heavy atom. The fourth-order valence-corrected chi connectivity index (χ4v) is 6.41. The van der Waals surface area contributed by atoms with Crippen LogP contribution in [0.2, 0.25) is 5.02 Å². The Balaban J connectivity index is 0.984. The number of hydrogen-bond acceptors (Lipinski definition) is 6. The minimum Gasteiger partial charge on any atom is -0.381 e. The maximum Gasteiger partial charge on any atom is 0.220 e. The van der Waals surface area contributed by atoms with E-state index in [4.69, 9.17) is 20.9 Å². The van der Waals surface area contributed by atoms with E-state index in [9.17, 15) is 4.79 Å². The van der Waals surface area contributed by atoms with Crippen molar-refractivity contribution in [2.75, 3.05) is 44.7 Å². The van der Waals surface area contributed by atoms with Crippen LogP contribution < -0.4 is 10.2 Å². The molecule has 2 aromatic rings. The van der Waals surface area contributed by atoms with Crippen LogP contribution >= 0.6 is 11.6 Å². The van der Waals surface area contributed by atoms with Gasteiger partial charge in [-0.05, 0) is 81.9 Å². The maximum atomic E-state index is 12.5. The van der Waals surface area contributed by atoms with E-state index in [1.807, 2.05) is 18.2 Å². The average Bonchev–Trinajstić information content (AvgIpc) is 3.50. The second-order valence-corrected chi connectivity index (χ2v) is 11.2. The third-order valence-electron chi connectivity index (χ3n) is 8.45. The molecule has 1 N–H and O–H groups in total. The molecule has 0 radical (unpaired) electrons. The predicted octanol–water partition coefficient (Wildman–Crippen LogP) is 4.87. The molecular formula is C27H39ClN4O3. The highest BCUT2D eigenvalue weighted by atomic mass is 35.5. The summed E-state index contributed by atoms with van der Waals surface area (Å²) >= 11 is 6.07. The summed E-state index contributed by atoms with van der Waals surface area (Å²) in [6.45, 7) is 5.20. The molecule has 0 unspecified atom stereocenters. The van der Waals surface area contributed by atoms with Crippen molar-refractivity contribution >= 4 is 34.3 Å². The van der Waals surface area contributed by atoms with Gasteiger partial charge in [0.05, 0.1) is 11.5 Å². The molecule has 3 fully saturated rings. The molecule has 3 aliphatic rings. The summed E-state index contributed by atoms with van der Waals surface area (Å²) in [5.41, 5.74) is 0.750. The molecule has 1 saturated heterocycles. The lowest BCUT2D eigenvalue weighted by Gasteiger charge is -2.36. The van der Waals surface area contributed by atoms with Crippen LogP contribution in [0.5, 0.6) is 0 Å². The van der Waals surface area contributed by atoms with Gasteiger partial charge in [0.15, 0.2) is 11.4 Å². The lowest BCUT2D eigenvalue weighted by molar-refractivity contribution is -0.123. The highest BCUT2D eigenvalue weighted by Gasteiger charge is 2.28. The van der Waals surface area contributed by atoms with E-state index in [0.29, 0.717) is 29.5 Å². The first kappa shape index (κ1) is 24.8. The Bertz CT molecular complexity index is 982. The highest BCUT2D eigenvalue weighted by molar-refractivity contribution is 6.31. The number of methoxy groups -OCH3 is 1. The number of halogens is 1. The van der Waals surface area contributed by atoms with Gasteiger partial charge in [-0.3, -0.25) is 9.69 Å². The number of nitrogens with one attached hydrogen (secondary N) is 1. The number of aromatic nitrogens is 1. The fourth-order valence-electron chi connectivity index (χ4n) is 6.25. The van der Waals surface area contributed by atoms with Crippen molar-refractivity contribution in [3.63, 3.8) is 0 Å². The van der Waals surface area contributed by atoms with Crippen LogP contribution in [0.3, 0.4) is 0 Å². The van der Waals surface area contributed by atoms with Gasteiger partial charge < -0.3 is 19.5 Å². The van der Waals surface area contributed by atoms with Crippen molar-refractivity contribution in [2.45, 2.75) is 69.9 Å². The molecule has 192 valence electrons. The number of carbonyl (C=O) groups is 1. The Morgan fingerprint density at radius 3 is 2.63 bits per heavy atom. The first-order valence-electron chi connectivity index (χ1n) is 13.4. The predicted molar refractivity (Wildman–Crippen MR) is 139 cm³/mol. The second-order valence-electron chi connectivity index (χ2n) is 10.8. The van der Waals surface area contributed by atoms with Crippen molar-refractivity contribution in [1.82, 2.24) is 15.4 Å². The summed E-state index contributed by atoms with van der Waals surface area (Å²) in [4.78, 5) is 17.4. The number of anilines is 1. The molecule has 35 heavy (non-hydrogen) atoms. The van der Waals surface area contributed by atoms with Gasteiger partial charge in [-0.1, -0.05) is 16.8 Å². The third kappa shape index (κ3) is 6.30. The van der Waals surface area contributed by atoms with Gasteiger partial charge in [-0.2, -0.15) is 0 Å². The molecule has 1 aliphatic heterocycles. The Labute approximate surface area is 213 Å². The summed E-state index contributed by atoms with van der Waals surface area (Å²) in [5.74, 6) is 2.46. The van der Waals surface area contributed by atoms with Crippen LogP contribution in [0.4, 0.5) is 5.82 Å². The minimum atomic E-state index is 0.246. The van der Waals surface area contributed by atoms with E-state index in [0.717, 1.165) is 87.5 Å². The van der Waals surface area contributed by atoms with Crippen LogP contribution in [-0.4, -0.2) is 67.9 Å². The Hall–Kier alpha value is -1.83.